The van der Waals surface area contributed by atoms with E-state index in [1.165, 1.54) is 5.56 Å². The standard InChI is InChI=1S/C16H23N5/c1-4-8-18-15-10-16(21-14(5-2)20-15)19-11-13-12(3)7-6-9-17-13/h6-7,9-10H,4-5,8,11H2,1-3H3,(H2,18,19,20,21). The number of pyridine rings is 1. The molecule has 0 bridgehead atoms. The number of hydrogen-bond acceptors (Lipinski definition) is 5. The maximum Gasteiger partial charge on any atom is 0.132 e. The summed E-state index contributed by atoms with van der Waals surface area (Å²) in [6.07, 6.45) is 3.70. The first-order valence-electron chi connectivity index (χ1n) is 7.49. The van der Waals surface area contributed by atoms with Crippen molar-refractivity contribution in [1.82, 2.24) is 15.0 Å². The first kappa shape index (κ1) is 15.2. The number of hydrogen-bond donors (Lipinski definition) is 2. The molecule has 0 aliphatic heterocycles. The number of aromatic nitrogens is 3. The molecule has 0 aromatic carbocycles. The van der Waals surface area contributed by atoms with E-state index in [1.54, 1.807) is 0 Å². The van der Waals surface area contributed by atoms with Gasteiger partial charge in [-0.2, -0.15) is 0 Å². The molecule has 21 heavy (non-hydrogen) atoms. The molecule has 0 atom stereocenters. The van der Waals surface area contributed by atoms with Crippen molar-refractivity contribution in [3.63, 3.8) is 0 Å². The van der Waals surface area contributed by atoms with Gasteiger partial charge < -0.3 is 10.6 Å². The van der Waals surface area contributed by atoms with Gasteiger partial charge in [-0.1, -0.05) is 19.9 Å². The van der Waals surface area contributed by atoms with Crippen LogP contribution in [-0.4, -0.2) is 21.5 Å². The van der Waals surface area contributed by atoms with Crippen molar-refractivity contribution in [3.05, 3.63) is 41.5 Å². The van der Waals surface area contributed by atoms with Gasteiger partial charge in [0.1, 0.15) is 17.5 Å². The number of rotatable bonds is 7. The van der Waals surface area contributed by atoms with E-state index in [2.05, 4.69) is 52.4 Å². The molecule has 2 rings (SSSR count). The van der Waals surface area contributed by atoms with Crippen molar-refractivity contribution in [1.29, 1.82) is 0 Å². The van der Waals surface area contributed by atoms with Crippen molar-refractivity contribution in [2.45, 2.75) is 40.2 Å². The number of nitrogens with zero attached hydrogens (tertiary/aromatic N) is 3. The Morgan fingerprint density at radius 2 is 1.86 bits per heavy atom. The Morgan fingerprint density at radius 1 is 1.10 bits per heavy atom. The van der Waals surface area contributed by atoms with Gasteiger partial charge in [0, 0.05) is 25.2 Å². The van der Waals surface area contributed by atoms with Crippen LogP contribution in [0.5, 0.6) is 0 Å². The van der Waals surface area contributed by atoms with Gasteiger partial charge in [-0.3, -0.25) is 4.98 Å². The Labute approximate surface area is 126 Å². The van der Waals surface area contributed by atoms with Crippen LogP contribution >= 0.6 is 0 Å². The third-order valence-electron chi connectivity index (χ3n) is 3.20. The van der Waals surface area contributed by atoms with Gasteiger partial charge in [-0.25, -0.2) is 9.97 Å². The second-order valence-electron chi connectivity index (χ2n) is 4.96. The van der Waals surface area contributed by atoms with Crippen LogP contribution in [0.4, 0.5) is 11.6 Å². The molecule has 0 amide bonds. The Kier molecular flexibility index (Phi) is 5.49. The molecular formula is C16H23N5. The molecule has 0 aliphatic carbocycles. The van der Waals surface area contributed by atoms with E-state index < -0.39 is 0 Å². The van der Waals surface area contributed by atoms with Crippen LogP contribution in [0.3, 0.4) is 0 Å². The first-order valence-corrected chi connectivity index (χ1v) is 7.49. The lowest BCUT2D eigenvalue weighted by Crippen LogP contribution is -2.09. The summed E-state index contributed by atoms with van der Waals surface area (Å²) in [7, 11) is 0. The number of anilines is 2. The van der Waals surface area contributed by atoms with Crippen LogP contribution < -0.4 is 10.6 Å². The molecule has 0 saturated heterocycles. The Morgan fingerprint density at radius 3 is 2.52 bits per heavy atom. The molecular weight excluding hydrogens is 262 g/mol. The molecule has 0 unspecified atom stereocenters. The normalized spacial score (nSPS) is 10.4. The predicted octanol–water partition coefficient (Wildman–Crippen LogP) is 3.18. The summed E-state index contributed by atoms with van der Waals surface area (Å²) in [5, 5.41) is 6.65. The SMILES string of the molecule is CCCNc1cc(NCc2ncccc2C)nc(CC)n1. The van der Waals surface area contributed by atoms with Crippen molar-refractivity contribution >= 4 is 11.6 Å². The molecule has 2 aromatic rings. The van der Waals surface area contributed by atoms with Gasteiger partial charge in [-0.15, -0.1) is 0 Å². The van der Waals surface area contributed by atoms with Crippen LogP contribution in [0.1, 0.15) is 37.4 Å². The van der Waals surface area contributed by atoms with Gasteiger partial charge >= 0.3 is 0 Å². The van der Waals surface area contributed by atoms with E-state index in [9.17, 15) is 0 Å². The van der Waals surface area contributed by atoms with E-state index >= 15 is 0 Å². The van der Waals surface area contributed by atoms with E-state index in [0.29, 0.717) is 6.54 Å². The van der Waals surface area contributed by atoms with Gasteiger partial charge in [0.2, 0.25) is 0 Å². The summed E-state index contributed by atoms with van der Waals surface area (Å²) >= 11 is 0. The van der Waals surface area contributed by atoms with E-state index in [4.69, 9.17) is 0 Å². The zero-order valence-electron chi connectivity index (χ0n) is 13.0. The van der Waals surface area contributed by atoms with Crippen LogP contribution in [0.15, 0.2) is 24.4 Å². The lowest BCUT2D eigenvalue weighted by molar-refractivity contribution is 0.908. The van der Waals surface area contributed by atoms with Crippen LogP contribution in [-0.2, 0) is 13.0 Å². The second kappa shape index (κ2) is 7.57. The molecule has 0 radical (unpaired) electrons. The second-order valence-corrected chi connectivity index (χ2v) is 4.96. The molecule has 2 heterocycles. The summed E-state index contributed by atoms with van der Waals surface area (Å²) in [6, 6.07) is 5.97. The summed E-state index contributed by atoms with van der Waals surface area (Å²) in [5.74, 6) is 2.56. The van der Waals surface area contributed by atoms with Crippen molar-refractivity contribution in [2.24, 2.45) is 0 Å². The first-order chi connectivity index (χ1) is 10.2. The average molecular weight is 285 g/mol. The van der Waals surface area contributed by atoms with Gasteiger partial charge in [0.05, 0.1) is 12.2 Å². The fourth-order valence-electron chi connectivity index (χ4n) is 1.97. The summed E-state index contributed by atoms with van der Waals surface area (Å²) in [5.41, 5.74) is 2.22. The molecule has 112 valence electrons. The molecule has 0 aliphatic rings. The molecule has 2 aromatic heterocycles. The third kappa shape index (κ3) is 4.41. The van der Waals surface area contributed by atoms with Crippen molar-refractivity contribution in [3.8, 4) is 0 Å². The van der Waals surface area contributed by atoms with E-state index in [-0.39, 0.29) is 0 Å². The summed E-state index contributed by atoms with van der Waals surface area (Å²) in [4.78, 5) is 13.4. The van der Waals surface area contributed by atoms with Crippen molar-refractivity contribution < 1.29 is 0 Å². The lowest BCUT2D eigenvalue weighted by Gasteiger charge is -2.11. The van der Waals surface area contributed by atoms with Gasteiger partial charge in [0.15, 0.2) is 0 Å². The summed E-state index contributed by atoms with van der Waals surface area (Å²) in [6.45, 7) is 7.85. The van der Waals surface area contributed by atoms with E-state index in [1.807, 2.05) is 18.3 Å². The Balaban J connectivity index is 2.09. The topological polar surface area (TPSA) is 62.7 Å². The fraction of sp³-hybridized carbons (Fsp3) is 0.438. The number of nitrogens with one attached hydrogen (secondary N) is 2. The highest BCUT2D eigenvalue weighted by atomic mass is 15.1. The highest BCUT2D eigenvalue weighted by Crippen LogP contribution is 2.13. The minimum absolute atomic E-state index is 0.667. The molecule has 0 fully saturated rings. The average Bonchev–Trinajstić information content (AvgIpc) is 2.52. The molecule has 5 heteroatoms. The quantitative estimate of drug-likeness (QED) is 0.818. The fourth-order valence-corrected chi connectivity index (χ4v) is 1.97. The molecule has 0 saturated carbocycles. The van der Waals surface area contributed by atoms with Crippen LogP contribution in [0, 0.1) is 6.92 Å². The molecule has 2 N–H and O–H groups in total. The smallest absolute Gasteiger partial charge is 0.132 e. The highest BCUT2D eigenvalue weighted by Gasteiger charge is 2.04. The summed E-state index contributed by atoms with van der Waals surface area (Å²) < 4.78 is 0. The maximum atomic E-state index is 4.51. The monoisotopic (exact) mass is 285 g/mol. The third-order valence-corrected chi connectivity index (χ3v) is 3.20. The minimum Gasteiger partial charge on any atom is -0.370 e. The molecule has 5 nitrogen and oxygen atoms in total. The van der Waals surface area contributed by atoms with Crippen LogP contribution in [0.25, 0.3) is 0 Å². The van der Waals surface area contributed by atoms with Gasteiger partial charge in [0.25, 0.3) is 0 Å². The van der Waals surface area contributed by atoms with Gasteiger partial charge in [-0.05, 0) is 25.0 Å². The van der Waals surface area contributed by atoms with Crippen molar-refractivity contribution in [2.75, 3.05) is 17.2 Å². The zero-order chi connectivity index (χ0) is 15.1. The maximum absolute atomic E-state index is 4.51. The Hall–Kier alpha value is -2.17. The number of aryl methyl sites for hydroxylation is 2. The minimum atomic E-state index is 0.667. The highest BCUT2D eigenvalue weighted by molar-refractivity contribution is 5.47. The van der Waals surface area contributed by atoms with E-state index in [0.717, 1.165) is 42.5 Å². The lowest BCUT2D eigenvalue weighted by atomic mass is 10.2. The zero-order valence-corrected chi connectivity index (χ0v) is 13.0. The van der Waals surface area contributed by atoms with Crippen LogP contribution in [0.2, 0.25) is 0 Å². The molecule has 0 spiro atoms. The predicted molar refractivity (Wildman–Crippen MR) is 86.5 cm³/mol. The Bertz CT molecular complexity index is 583. The largest absolute Gasteiger partial charge is 0.370 e.